The van der Waals surface area contributed by atoms with Crippen LogP contribution in [0.2, 0.25) is 0 Å². The van der Waals surface area contributed by atoms with E-state index in [9.17, 15) is 9.59 Å². The molecule has 0 unspecified atom stereocenters. The molecule has 2 aromatic heterocycles. The summed E-state index contributed by atoms with van der Waals surface area (Å²) < 4.78 is 14.2. The zero-order valence-corrected chi connectivity index (χ0v) is 23.6. The van der Waals surface area contributed by atoms with Gasteiger partial charge in [-0.05, 0) is 67.3 Å². The summed E-state index contributed by atoms with van der Waals surface area (Å²) in [5.41, 5.74) is 5.56. The first-order valence-electron chi connectivity index (χ1n) is 12.9. The summed E-state index contributed by atoms with van der Waals surface area (Å²) >= 11 is 1.27. The number of furan rings is 1. The maximum atomic E-state index is 13.1. The van der Waals surface area contributed by atoms with Gasteiger partial charge in [-0.2, -0.15) is 0 Å². The number of carbonyl (C=O) groups excluding carboxylic acids is 1. The van der Waals surface area contributed by atoms with Gasteiger partial charge >= 0.3 is 5.97 Å². The van der Waals surface area contributed by atoms with Crippen LogP contribution in [0.3, 0.4) is 0 Å². The van der Waals surface area contributed by atoms with Crippen molar-refractivity contribution in [1.82, 2.24) is 9.88 Å². The molecule has 5 aromatic rings. The molecule has 2 heterocycles. The molecule has 0 radical (unpaired) electrons. The molecule has 0 aliphatic heterocycles. The number of carboxylic acids is 1. The molecule has 0 aliphatic carbocycles. The Bertz CT molecular complexity index is 1600. The molecule has 3 aromatic carbocycles. The van der Waals surface area contributed by atoms with E-state index in [1.54, 1.807) is 0 Å². The Hall–Kier alpha value is -4.34. The summed E-state index contributed by atoms with van der Waals surface area (Å²) in [6.07, 6.45) is 1.25. The van der Waals surface area contributed by atoms with Gasteiger partial charge in [0.25, 0.3) is 5.91 Å². The van der Waals surface area contributed by atoms with E-state index in [-0.39, 0.29) is 18.2 Å². The fourth-order valence-corrected chi connectivity index (χ4v) is 4.68. The number of rotatable bonds is 8. The van der Waals surface area contributed by atoms with Gasteiger partial charge in [-0.25, -0.2) is 4.72 Å². The van der Waals surface area contributed by atoms with Gasteiger partial charge in [0.05, 0.1) is 5.69 Å². The summed E-state index contributed by atoms with van der Waals surface area (Å²) in [5, 5.41) is 16.4. The second-order valence-corrected chi connectivity index (χ2v) is 10.1. The fraction of sp³-hybridized carbons (Fsp3) is 0.194. The summed E-state index contributed by atoms with van der Waals surface area (Å²) in [5.74, 6) is -0.375. The van der Waals surface area contributed by atoms with Crippen molar-refractivity contribution in [1.29, 1.82) is 0 Å². The molecular weight excluding hydrogens is 526 g/mol. The fourth-order valence-electron chi connectivity index (χ4n) is 4.05. The molecule has 0 atom stereocenters. The molecule has 0 saturated heterocycles. The highest BCUT2D eigenvalue weighted by Crippen LogP contribution is 2.35. The topological polar surface area (TPSA) is 118 Å². The first kappa shape index (κ1) is 28.7. The van der Waals surface area contributed by atoms with Gasteiger partial charge in [0.2, 0.25) is 0 Å². The Morgan fingerprint density at radius 3 is 2.20 bits per heavy atom. The van der Waals surface area contributed by atoms with Crippen LogP contribution in [0, 0.1) is 13.8 Å². The molecule has 8 nitrogen and oxygen atoms in total. The van der Waals surface area contributed by atoms with Crippen LogP contribution >= 0.6 is 11.9 Å². The van der Waals surface area contributed by atoms with Crippen molar-refractivity contribution in [3.05, 3.63) is 89.8 Å². The van der Waals surface area contributed by atoms with Crippen LogP contribution in [0.5, 0.6) is 0 Å². The quantitative estimate of drug-likeness (QED) is 0.166. The minimum absolute atomic E-state index is 0.116. The third-order valence-electron chi connectivity index (χ3n) is 5.80. The second-order valence-electron chi connectivity index (χ2n) is 9.15. The number of amides is 1. The van der Waals surface area contributed by atoms with Crippen LogP contribution in [0.1, 0.15) is 42.1 Å². The average Bonchev–Trinajstić information content (AvgIpc) is 3.53. The summed E-state index contributed by atoms with van der Waals surface area (Å²) in [4.78, 5) is 24.6. The van der Waals surface area contributed by atoms with Gasteiger partial charge in [-0.1, -0.05) is 61.8 Å². The molecular formula is C31H31N3O5S. The number of carboxylic acid groups (broad SMARTS) is 1. The van der Waals surface area contributed by atoms with E-state index in [0.717, 1.165) is 38.2 Å². The van der Waals surface area contributed by atoms with Crippen molar-refractivity contribution < 1.29 is 23.6 Å². The molecule has 0 bridgehead atoms. The average molecular weight is 558 g/mol. The number of nitrogens with one attached hydrogen (secondary N) is 2. The monoisotopic (exact) mass is 557 g/mol. The lowest BCUT2D eigenvalue weighted by molar-refractivity contribution is -0.135. The molecule has 206 valence electrons. The highest BCUT2D eigenvalue weighted by molar-refractivity contribution is 7.97. The first-order valence-corrected chi connectivity index (χ1v) is 13.7. The van der Waals surface area contributed by atoms with Crippen LogP contribution in [-0.4, -0.2) is 28.7 Å². The number of aryl methyl sites for hydroxylation is 2. The lowest BCUT2D eigenvalue weighted by Crippen LogP contribution is -2.15. The molecule has 3 N–H and O–H groups in total. The van der Waals surface area contributed by atoms with Crippen molar-refractivity contribution in [2.24, 2.45) is 0 Å². The van der Waals surface area contributed by atoms with Gasteiger partial charge < -0.3 is 19.4 Å². The SMILES string of the molecule is CCC.Cc1cc(-c2cccc3oc(C(=O)Nc4ccc(-c5ccc(SNCC(=O)O)cc5)cc4)c(C)c23)on1. The second kappa shape index (κ2) is 13.1. The zero-order chi connectivity index (χ0) is 28.6. The molecule has 5 rings (SSSR count). The van der Waals surface area contributed by atoms with Crippen LogP contribution < -0.4 is 10.0 Å². The van der Waals surface area contributed by atoms with E-state index >= 15 is 0 Å². The normalized spacial score (nSPS) is 10.7. The highest BCUT2D eigenvalue weighted by atomic mass is 32.2. The molecule has 0 aliphatic rings. The van der Waals surface area contributed by atoms with E-state index in [1.807, 2.05) is 86.6 Å². The van der Waals surface area contributed by atoms with Gasteiger partial charge in [0.1, 0.15) is 12.1 Å². The molecule has 0 saturated carbocycles. The number of anilines is 1. The number of hydrogen-bond acceptors (Lipinski definition) is 7. The number of aliphatic carboxylic acids is 1. The Kier molecular flexibility index (Phi) is 9.42. The number of fused-ring (bicyclic) bond motifs is 1. The lowest BCUT2D eigenvalue weighted by atomic mass is 10.0. The minimum Gasteiger partial charge on any atom is -0.480 e. The number of benzene rings is 3. The van der Waals surface area contributed by atoms with Crippen molar-refractivity contribution in [2.75, 3.05) is 11.9 Å². The third kappa shape index (κ3) is 6.80. The molecule has 0 spiro atoms. The standard InChI is InChI=1S/C28H23N3O5S.C3H8/c1-16-14-24(36-31-16)22-4-3-5-23-26(22)17(2)27(35-23)28(34)30-20-10-6-18(7-11-20)19-8-12-21(13-9-19)37-29-15-25(32)33;1-3-2/h3-14,29H,15H2,1-2H3,(H,30,34)(H,32,33);3H2,1-2H3. The van der Waals surface area contributed by atoms with E-state index in [1.165, 1.54) is 18.4 Å². The summed E-state index contributed by atoms with van der Waals surface area (Å²) in [7, 11) is 0. The number of hydrogen-bond donors (Lipinski definition) is 3. The number of nitrogens with zero attached hydrogens (tertiary/aromatic N) is 1. The van der Waals surface area contributed by atoms with E-state index in [4.69, 9.17) is 14.0 Å². The molecule has 40 heavy (non-hydrogen) atoms. The van der Waals surface area contributed by atoms with Gasteiger partial charge in [0.15, 0.2) is 11.5 Å². The van der Waals surface area contributed by atoms with Crippen molar-refractivity contribution in [3.8, 4) is 22.5 Å². The Morgan fingerprint density at radius 2 is 1.60 bits per heavy atom. The minimum atomic E-state index is -0.905. The van der Waals surface area contributed by atoms with Gasteiger partial charge in [0, 0.05) is 33.2 Å². The lowest BCUT2D eigenvalue weighted by Gasteiger charge is -2.07. The van der Waals surface area contributed by atoms with Crippen LogP contribution in [-0.2, 0) is 4.79 Å². The number of carbonyl (C=O) groups is 2. The van der Waals surface area contributed by atoms with E-state index < -0.39 is 5.97 Å². The number of aromatic nitrogens is 1. The van der Waals surface area contributed by atoms with Crippen LogP contribution in [0.4, 0.5) is 5.69 Å². The van der Waals surface area contributed by atoms with Crippen LogP contribution in [0.25, 0.3) is 33.4 Å². The third-order valence-corrected chi connectivity index (χ3v) is 6.59. The maximum absolute atomic E-state index is 13.1. The molecule has 9 heteroatoms. The smallest absolute Gasteiger partial charge is 0.318 e. The van der Waals surface area contributed by atoms with E-state index in [0.29, 0.717) is 17.0 Å². The highest BCUT2D eigenvalue weighted by Gasteiger charge is 2.21. The predicted octanol–water partition coefficient (Wildman–Crippen LogP) is 7.72. The summed E-state index contributed by atoms with van der Waals surface area (Å²) in [6.45, 7) is 7.85. The van der Waals surface area contributed by atoms with E-state index in [2.05, 4.69) is 29.0 Å². The Balaban J connectivity index is 0.00000118. The Morgan fingerprint density at radius 1 is 0.950 bits per heavy atom. The van der Waals surface area contributed by atoms with Gasteiger partial charge in [-0.3, -0.25) is 9.59 Å². The van der Waals surface area contributed by atoms with Crippen molar-refractivity contribution in [2.45, 2.75) is 39.0 Å². The van der Waals surface area contributed by atoms with Crippen LogP contribution in [0.15, 0.2) is 86.6 Å². The summed E-state index contributed by atoms with van der Waals surface area (Å²) in [6, 6.07) is 22.8. The van der Waals surface area contributed by atoms with Gasteiger partial charge in [-0.15, -0.1) is 0 Å². The predicted molar refractivity (Wildman–Crippen MR) is 158 cm³/mol. The maximum Gasteiger partial charge on any atom is 0.318 e. The van der Waals surface area contributed by atoms with Crippen molar-refractivity contribution >= 4 is 40.5 Å². The molecule has 0 fully saturated rings. The zero-order valence-electron chi connectivity index (χ0n) is 22.8. The first-order chi connectivity index (χ1) is 19.3. The molecule has 1 amide bonds. The van der Waals surface area contributed by atoms with Crippen molar-refractivity contribution in [3.63, 3.8) is 0 Å². The largest absolute Gasteiger partial charge is 0.480 e. The Labute approximate surface area is 236 Å².